The topological polar surface area (TPSA) is 0 Å². The lowest BCUT2D eigenvalue weighted by molar-refractivity contribution is -0.139. The monoisotopic (exact) mass is 310 g/mol. The summed E-state index contributed by atoms with van der Waals surface area (Å²) in [5.74, 6) is 0.770. The molecule has 1 aliphatic heterocycles. The third kappa shape index (κ3) is 2.40. The van der Waals surface area contributed by atoms with Crippen molar-refractivity contribution in [1.82, 2.24) is 0 Å². The SMILES string of the molecule is FC(F)(F)c1ccc(Br)c2c1SCCCC2. The molecular weight excluding hydrogens is 301 g/mol. The zero-order valence-electron chi connectivity index (χ0n) is 8.40. The predicted octanol–water partition coefficient (Wildman–Crippen LogP) is 4.90. The zero-order chi connectivity index (χ0) is 11.8. The fourth-order valence-corrected chi connectivity index (χ4v) is 3.74. The van der Waals surface area contributed by atoms with Gasteiger partial charge in [-0.15, -0.1) is 11.8 Å². The molecular formula is C11H10BrF3S. The smallest absolute Gasteiger partial charge is 0.166 e. The summed E-state index contributed by atoms with van der Waals surface area (Å²) >= 11 is 4.66. The molecule has 1 aliphatic rings. The Hall–Kier alpha value is -0.160. The van der Waals surface area contributed by atoms with Crippen LogP contribution in [0.2, 0.25) is 0 Å². The van der Waals surface area contributed by atoms with Crippen molar-refractivity contribution in [3.63, 3.8) is 0 Å². The van der Waals surface area contributed by atoms with Crippen LogP contribution in [0.25, 0.3) is 0 Å². The second kappa shape index (κ2) is 4.61. The van der Waals surface area contributed by atoms with Gasteiger partial charge in [0.15, 0.2) is 0 Å². The van der Waals surface area contributed by atoms with Crippen molar-refractivity contribution in [2.75, 3.05) is 5.75 Å². The van der Waals surface area contributed by atoms with Crippen molar-refractivity contribution in [3.8, 4) is 0 Å². The molecule has 0 bridgehead atoms. The molecule has 1 aromatic rings. The molecule has 5 heteroatoms. The minimum atomic E-state index is -4.25. The first-order chi connectivity index (χ1) is 7.50. The molecule has 0 amide bonds. The van der Waals surface area contributed by atoms with Gasteiger partial charge < -0.3 is 0 Å². The Bertz CT molecular complexity index is 401. The van der Waals surface area contributed by atoms with E-state index in [-0.39, 0.29) is 0 Å². The van der Waals surface area contributed by atoms with Crippen molar-refractivity contribution in [2.24, 2.45) is 0 Å². The normalized spacial score (nSPS) is 16.8. The van der Waals surface area contributed by atoms with Crippen LogP contribution in [0.4, 0.5) is 13.2 Å². The summed E-state index contributed by atoms with van der Waals surface area (Å²) in [6.45, 7) is 0. The van der Waals surface area contributed by atoms with E-state index in [1.807, 2.05) is 0 Å². The Morgan fingerprint density at radius 3 is 2.62 bits per heavy atom. The first-order valence-electron chi connectivity index (χ1n) is 5.01. The van der Waals surface area contributed by atoms with Gasteiger partial charge >= 0.3 is 6.18 Å². The predicted molar refractivity (Wildman–Crippen MR) is 62.8 cm³/mol. The second-order valence-electron chi connectivity index (χ2n) is 3.71. The highest BCUT2D eigenvalue weighted by Crippen LogP contribution is 2.43. The summed E-state index contributed by atoms with van der Waals surface area (Å²) in [7, 11) is 0. The lowest BCUT2D eigenvalue weighted by Gasteiger charge is -2.15. The number of hydrogen-bond acceptors (Lipinski definition) is 1. The van der Waals surface area contributed by atoms with Crippen LogP contribution in [0.15, 0.2) is 21.5 Å². The highest BCUT2D eigenvalue weighted by Gasteiger charge is 2.35. The van der Waals surface area contributed by atoms with Crippen LogP contribution >= 0.6 is 27.7 Å². The largest absolute Gasteiger partial charge is 0.417 e. The Kier molecular flexibility index (Phi) is 3.54. The quantitative estimate of drug-likeness (QED) is 0.657. The minimum Gasteiger partial charge on any atom is -0.166 e. The van der Waals surface area contributed by atoms with Crippen molar-refractivity contribution >= 4 is 27.7 Å². The van der Waals surface area contributed by atoms with Gasteiger partial charge in [0.05, 0.1) is 5.56 Å². The number of hydrogen-bond donors (Lipinski definition) is 0. The van der Waals surface area contributed by atoms with Crippen LogP contribution in [0.1, 0.15) is 24.0 Å². The molecule has 88 valence electrons. The number of halogens is 4. The molecule has 0 atom stereocenters. The number of benzene rings is 1. The summed E-state index contributed by atoms with van der Waals surface area (Å²) < 4.78 is 39.2. The van der Waals surface area contributed by atoms with Crippen molar-refractivity contribution < 1.29 is 13.2 Å². The maximum Gasteiger partial charge on any atom is 0.417 e. The summed E-state index contributed by atoms with van der Waals surface area (Å²) in [5.41, 5.74) is 0.329. The van der Waals surface area contributed by atoms with E-state index in [4.69, 9.17) is 0 Å². The van der Waals surface area contributed by atoms with Gasteiger partial charge in [-0.05, 0) is 42.7 Å². The third-order valence-corrected chi connectivity index (χ3v) is 4.57. The standard InChI is InChI=1S/C11H10BrF3S/c12-9-5-4-8(11(13,14)15)10-7(9)3-1-2-6-16-10/h4-5H,1-3,6H2. The highest BCUT2D eigenvalue weighted by molar-refractivity contribution is 9.10. The van der Waals surface area contributed by atoms with Crippen LogP contribution in [0.5, 0.6) is 0 Å². The Morgan fingerprint density at radius 2 is 1.94 bits per heavy atom. The average Bonchev–Trinajstić information content (AvgIpc) is 2.42. The first-order valence-corrected chi connectivity index (χ1v) is 6.79. The van der Waals surface area contributed by atoms with E-state index in [1.54, 1.807) is 0 Å². The molecule has 0 unspecified atom stereocenters. The molecule has 1 heterocycles. The Labute approximate surface area is 105 Å². The molecule has 1 aromatic carbocycles. The van der Waals surface area contributed by atoms with Gasteiger partial charge in [-0.2, -0.15) is 13.2 Å². The molecule has 0 spiro atoms. The van der Waals surface area contributed by atoms with Crippen LogP contribution < -0.4 is 0 Å². The second-order valence-corrected chi connectivity index (χ2v) is 5.67. The molecule has 0 saturated carbocycles. The van der Waals surface area contributed by atoms with E-state index in [0.29, 0.717) is 4.90 Å². The molecule has 0 aromatic heterocycles. The van der Waals surface area contributed by atoms with Crippen LogP contribution in [-0.4, -0.2) is 5.75 Å². The minimum absolute atomic E-state index is 0.416. The van der Waals surface area contributed by atoms with Crippen LogP contribution in [0.3, 0.4) is 0 Å². The summed E-state index contributed by atoms with van der Waals surface area (Å²) in [6.07, 6.45) is -1.59. The van der Waals surface area contributed by atoms with Gasteiger partial charge in [-0.3, -0.25) is 0 Å². The summed E-state index contributed by atoms with van der Waals surface area (Å²) in [6, 6.07) is 2.68. The number of fused-ring (bicyclic) bond motifs is 1. The molecule has 0 aliphatic carbocycles. The van der Waals surface area contributed by atoms with Crippen LogP contribution in [0, 0.1) is 0 Å². The molecule has 0 saturated heterocycles. The summed E-state index contributed by atoms with van der Waals surface area (Å²) in [5, 5.41) is 0. The number of thioether (sulfide) groups is 1. The number of rotatable bonds is 0. The lowest BCUT2D eigenvalue weighted by Crippen LogP contribution is -2.08. The van der Waals surface area contributed by atoms with E-state index in [0.717, 1.165) is 35.1 Å². The van der Waals surface area contributed by atoms with Gasteiger partial charge in [-0.1, -0.05) is 15.9 Å². The maximum atomic E-state index is 12.8. The summed E-state index contributed by atoms with van der Waals surface area (Å²) in [4.78, 5) is 0.416. The number of alkyl halides is 3. The van der Waals surface area contributed by atoms with Crippen LogP contribution in [-0.2, 0) is 12.6 Å². The Balaban J connectivity index is 2.56. The first kappa shape index (κ1) is 12.3. The van der Waals surface area contributed by atoms with E-state index >= 15 is 0 Å². The fourth-order valence-electron chi connectivity index (χ4n) is 1.80. The molecule has 2 rings (SSSR count). The van der Waals surface area contributed by atoms with E-state index in [9.17, 15) is 13.2 Å². The molecule has 16 heavy (non-hydrogen) atoms. The third-order valence-electron chi connectivity index (χ3n) is 2.58. The van der Waals surface area contributed by atoms with Crippen molar-refractivity contribution in [1.29, 1.82) is 0 Å². The van der Waals surface area contributed by atoms with Gasteiger partial charge in [0.2, 0.25) is 0 Å². The van der Waals surface area contributed by atoms with E-state index < -0.39 is 11.7 Å². The molecule has 0 N–H and O–H groups in total. The van der Waals surface area contributed by atoms with E-state index in [1.165, 1.54) is 23.9 Å². The van der Waals surface area contributed by atoms with Gasteiger partial charge in [-0.25, -0.2) is 0 Å². The van der Waals surface area contributed by atoms with Gasteiger partial charge in [0.25, 0.3) is 0 Å². The van der Waals surface area contributed by atoms with E-state index in [2.05, 4.69) is 15.9 Å². The molecule has 0 fully saturated rings. The average molecular weight is 311 g/mol. The highest BCUT2D eigenvalue weighted by atomic mass is 79.9. The fraction of sp³-hybridized carbons (Fsp3) is 0.455. The van der Waals surface area contributed by atoms with Crippen molar-refractivity contribution in [2.45, 2.75) is 30.3 Å². The maximum absolute atomic E-state index is 12.8. The van der Waals surface area contributed by atoms with Gasteiger partial charge in [0, 0.05) is 9.37 Å². The van der Waals surface area contributed by atoms with Gasteiger partial charge in [0.1, 0.15) is 0 Å². The molecule has 0 nitrogen and oxygen atoms in total. The zero-order valence-corrected chi connectivity index (χ0v) is 10.8. The Morgan fingerprint density at radius 1 is 1.19 bits per heavy atom. The molecule has 0 radical (unpaired) electrons. The van der Waals surface area contributed by atoms with Crippen molar-refractivity contribution in [3.05, 3.63) is 27.7 Å². The lowest BCUT2D eigenvalue weighted by atomic mass is 10.1.